The second-order valence-corrected chi connectivity index (χ2v) is 4.32. The normalized spacial score (nSPS) is 16.5. The van der Waals surface area contributed by atoms with Gasteiger partial charge >= 0.3 is 0 Å². The molecule has 6 nitrogen and oxygen atoms in total. The van der Waals surface area contributed by atoms with E-state index in [2.05, 4.69) is 20.8 Å². The summed E-state index contributed by atoms with van der Waals surface area (Å²) in [5, 5.41) is 11.9. The van der Waals surface area contributed by atoms with Crippen LogP contribution in [0, 0.1) is 0 Å². The molecule has 1 atom stereocenters. The van der Waals surface area contributed by atoms with Crippen molar-refractivity contribution in [3.63, 3.8) is 0 Å². The van der Waals surface area contributed by atoms with Gasteiger partial charge in [-0.1, -0.05) is 18.2 Å². The SMILES string of the molecule is O=C(Nc1ccc(=O)[nH]n1)C1CNc2ccccc21. The van der Waals surface area contributed by atoms with Crippen LogP contribution in [0.3, 0.4) is 0 Å². The molecule has 0 saturated carbocycles. The van der Waals surface area contributed by atoms with Gasteiger partial charge in [-0.2, -0.15) is 5.10 Å². The molecule has 0 spiro atoms. The number of hydrogen-bond donors (Lipinski definition) is 3. The summed E-state index contributed by atoms with van der Waals surface area (Å²) in [7, 11) is 0. The van der Waals surface area contributed by atoms with Gasteiger partial charge in [0.2, 0.25) is 5.91 Å². The van der Waals surface area contributed by atoms with Crippen molar-refractivity contribution in [3.8, 4) is 0 Å². The van der Waals surface area contributed by atoms with E-state index in [0.717, 1.165) is 11.3 Å². The van der Waals surface area contributed by atoms with Gasteiger partial charge in [0.05, 0.1) is 5.92 Å². The third-order valence-corrected chi connectivity index (χ3v) is 3.08. The van der Waals surface area contributed by atoms with Crippen LogP contribution in [-0.4, -0.2) is 22.6 Å². The van der Waals surface area contributed by atoms with Gasteiger partial charge < -0.3 is 10.6 Å². The number of carbonyl (C=O) groups excluding carboxylic acids is 1. The summed E-state index contributed by atoms with van der Waals surface area (Å²) in [5.41, 5.74) is 1.66. The summed E-state index contributed by atoms with van der Waals surface area (Å²) in [5.74, 6) is -0.0455. The van der Waals surface area contributed by atoms with Gasteiger partial charge in [0.25, 0.3) is 5.56 Å². The van der Waals surface area contributed by atoms with E-state index in [1.165, 1.54) is 12.1 Å². The quantitative estimate of drug-likeness (QED) is 0.745. The highest BCUT2D eigenvalue weighted by Gasteiger charge is 2.28. The van der Waals surface area contributed by atoms with Crippen LogP contribution in [0.4, 0.5) is 11.5 Å². The highest BCUT2D eigenvalue weighted by Crippen LogP contribution is 2.31. The maximum Gasteiger partial charge on any atom is 0.264 e. The lowest BCUT2D eigenvalue weighted by Gasteiger charge is -2.10. The highest BCUT2D eigenvalue weighted by molar-refractivity contribution is 5.97. The molecule has 19 heavy (non-hydrogen) atoms. The first-order valence-electron chi connectivity index (χ1n) is 5.93. The molecule has 1 aliphatic heterocycles. The van der Waals surface area contributed by atoms with E-state index in [4.69, 9.17) is 0 Å². The average Bonchev–Trinajstić information content (AvgIpc) is 2.85. The van der Waals surface area contributed by atoms with Crippen molar-refractivity contribution in [1.29, 1.82) is 0 Å². The van der Waals surface area contributed by atoms with Crippen LogP contribution in [0.25, 0.3) is 0 Å². The number of fused-ring (bicyclic) bond motifs is 1. The Labute approximate surface area is 108 Å². The fourth-order valence-corrected chi connectivity index (χ4v) is 2.15. The summed E-state index contributed by atoms with van der Waals surface area (Å²) < 4.78 is 0. The number of para-hydroxylation sites is 1. The van der Waals surface area contributed by atoms with Crippen LogP contribution >= 0.6 is 0 Å². The van der Waals surface area contributed by atoms with Crippen molar-refractivity contribution < 1.29 is 4.79 Å². The molecule has 96 valence electrons. The topological polar surface area (TPSA) is 86.9 Å². The highest BCUT2D eigenvalue weighted by atomic mass is 16.2. The number of nitrogens with one attached hydrogen (secondary N) is 3. The summed E-state index contributed by atoms with van der Waals surface area (Å²) in [6.07, 6.45) is 0. The first-order valence-corrected chi connectivity index (χ1v) is 5.93. The van der Waals surface area contributed by atoms with Gasteiger partial charge in [-0.25, -0.2) is 5.10 Å². The minimum Gasteiger partial charge on any atom is -0.384 e. The molecule has 2 aromatic rings. The zero-order chi connectivity index (χ0) is 13.2. The molecular weight excluding hydrogens is 244 g/mol. The lowest BCUT2D eigenvalue weighted by Crippen LogP contribution is -2.23. The first-order chi connectivity index (χ1) is 9.24. The van der Waals surface area contributed by atoms with Crippen molar-refractivity contribution in [2.24, 2.45) is 0 Å². The Hall–Kier alpha value is -2.63. The molecule has 1 aromatic heterocycles. The molecule has 0 radical (unpaired) electrons. The van der Waals surface area contributed by atoms with E-state index in [-0.39, 0.29) is 17.4 Å². The Morgan fingerprint density at radius 2 is 2.11 bits per heavy atom. The van der Waals surface area contributed by atoms with E-state index < -0.39 is 0 Å². The lowest BCUT2D eigenvalue weighted by atomic mass is 10.0. The van der Waals surface area contributed by atoms with Gasteiger partial charge in [-0.05, 0) is 17.7 Å². The number of aromatic nitrogens is 2. The fraction of sp³-hybridized carbons (Fsp3) is 0.154. The second-order valence-electron chi connectivity index (χ2n) is 4.32. The van der Waals surface area contributed by atoms with Crippen molar-refractivity contribution in [2.45, 2.75) is 5.92 Å². The Kier molecular flexibility index (Phi) is 2.75. The van der Waals surface area contributed by atoms with E-state index in [0.29, 0.717) is 12.4 Å². The standard InChI is InChI=1S/C13H12N4O2/c18-12-6-5-11(16-17-12)15-13(19)9-7-14-10-4-2-1-3-8(9)10/h1-6,9,14H,7H2,(H,17,18)(H,15,16,19). The largest absolute Gasteiger partial charge is 0.384 e. The van der Waals surface area contributed by atoms with Crippen molar-refractivity contribution in [1.82, 2.24) is 10.2 Å². The second kappa shape index (κ2) is 4.56. The number of benzene rings is 1. The van der Waals surface area contributed by atoms with Gasteiger partial charge in [-0.15, -0.1) is 0 Å². The van der Waals surface area contributed by atoms with Crippen molar-refractivity contribution in [2.75, 3.05) is 17.2 Å². The van der Waals surface area contributed by atoms with Gasteiger partial charge in [0.15, 0.2) is 5.82 Å². The van der Waals surface area contributed by atoms with Crippen LogP contribution in [0.1, 0.15) is 11.5 Å². The molecule has 6 heteroatoms. The van der Waals surface area contributed by atoms with Gasteiger partial charge in [0.1, 0.15) is 0 Å². The zero-order valence-electron chi connectivity index (χ0n) is 10.0. The van der Waals surface area contributed by atoms with Gasteiger partial charge in [0, 0.05) is 18.3 Å². The Morgan fingerprint density at radius 1 is 1.26 bits per heavy atom. The predicted molar refractivity (Wildman–Crippen MR) is 71.2 cm³/mol. The maximum atomic E-state index is 12.2. The smallest absolute Gasteiger partial charge is 0.264 e. The average molecular weight is 256 g/mol. The molecule has 1 amide bonds. The summed E-state index contributed by atoms with van der Waals surface area (Å²) in [6.45, 7) is 0.564. The molecule has 1 aromatic carbocycles. The van der Waals surface area contributed by atoms with Crippen molar-refractivity contribution in [3.05, 3.63) is 52.3 Å². The van der Waals surface area contributed by atoms with Crippen LogP contribution in [-0.2, 0) is 4.79 Å². The third kappa shape index (κ3) is 2.20. The number of carbonyl (C=O) groups is 1. The van der Waals surface area contributed by atoms with Crippen LogP contribution in [0.15, 0.2) is 41.2 Å². The number of anilines is 2. The van der Waals surface area contributed by atoms with E-state index in [1.807, 2.05) is 24.3 Å². The van der Waals surface area contributed by atoms with Gasteiger partial charge in [-0.3, -0.25) is 9.59 Å². The number of nitrogens with zero attached hydrogens (tertiary/aromatic N) is 1. The Morgan fingerprint density at radius 3 is 2.89 bits per heavy atom. The zero-order valence-corrected chi connectivity index (χ0v) is 10.0. The number of aromatic amines is 1. The Bertz CT molecular complexity index is 660. The minimum atomic E-state index is -0.300. The summed E-state index contributed by atoms with van der Waals surface area (Å²) in [4.78, 5) is 23.1. The molecule has 1 unspecified atom stereocenters. The van der Waals surface area contributed by atoms with Crippen LogP contribution < -0.4 is 16.2 Å². The summed E-state index contributed by atoms with van der Waals surface area (Å²) >= 11 is 0. The van der Waals surface area contributed by atoms with Crippen molar-refractivity contribution >= 4 is 17.4 Å². The first kappa shape index (κ1) is 11.5. The number of H-pyrrole nitrogens is 1. The lowest BCUT2D eigenvalue weighted by molar-refractivity contribution is -0.117. The fourth-order valence-electron chi connectivity index (χ4n) is 2.15. The molecule has 2 heterocycles. The molecule has 0 bridgehead atoms. The third-order valence-electron chi connectivity index (χ3n) is 3.08. The van der Waals surface area contributed by atoms with E-state index >= 15 is 0 Å². The molecule has 3 N–H and O–H groups in total. The number of amides is 1. The molecular formula is C13H12N4O2. The maximum absolute atomic E-state index is 12.2. The molecule has 0 aliphatic carbocycles. The van der Waals surface area contributed by atoms with E-state index in [9.17, 15) is 9.59 Å². The summed E-state index contributed by atoms with van der Waals surface area (Å²) in [6, 6.07) is 10.5. The van der Waals surface area contributed by atoms with E-state index in [1.54, 1.807) is 0 Å². The predicted octanol–water partition coefficient (Wildman–Crippen LogP) is 0.918. The van der Waals surface area contributed by atoms with Crippen LogP contribution in [0.2, 0.25) is 0 Å². The number of hydrogen-bond acceptors (Lipinski definition) is 4. The molecule has 3 rings (SSSR count). The Balaban J connectivity index is 1.79. The molecule has 0 saturated heterocycles. The molecule has 0 fully saturated rings. The number of rotatable bonds is 2. The monoisotopic (exact) mass is 256 g/mol. The minimum absolute atomic E-state index is 0.142. The van der Waals surface area contributed by atoms with Crippen LogP contribution in [0.5, 0.6) is 0 Å². The molecule has 1 aliphatic rings.